The fraction of sp³-hybridized carbons (Fsp3) is 0.550. The number of halogens is 1. The Morgan fingerprint density at radius 3 is 2.67 bits per heavy atom. The summed E-state index contributed by atoms with van der Waals surface area (Å²) in [6, 6.07) is 10.4. The molecule has 6 nitrogen and oxygen atoms in total. The number of nitrogens with one attached hydrogen (secondary N) is 1. The van der Waals surface area contributed by atoms with Gasteiger partial charge in [0.15, 0.2) is 5.82 Å². The first-order valence-corrected chi connectivity index (χ1v) is 9.67. The lowest BCUT2D eigenvalue weighted by Crippen LogP contribution is -2.43. The van der Waals surface area contributed by atoms with Crippen molar-refractivity contribution in [2.24, 2.45) is 0 Å². The molecule has 2 aromatic rings. The summed E-state index contributed by atoms with van der Waals surface area (Å²) in [5, 5.41) is 7.57. The Morgan fingerprint density at radius 2 is 2.00 bits per heavy atom. The number of aromatic nitrogens is 2. The summed E-state index contributed by atoms with van der Waals surface area (Å²) in [5.41, 5.74) is 1.24. The van der Waals surface area contributed by atoms with Gasteiger partial charge in [0.25, 0.3) is 0 Å². The van der Waals surface area contributed by atoms with E-state index in [1.165, 1.54) is 12.0 Å². The number of hydrogen-bond acceptors (Lipinski definition) is 5. The van der Waals surface area contributed by atoms with E-state index in [2.05, 4.69) is 27.6 Å². The molecular formula is C20H27ClN4O2. The number of carbonyl (C=O) groups excluding carboxylic acids is 1. The predicted molar refractivity (Wildman–Crippen MR) is 105 cm³/mol. The fourth-order valence-corrected chi connectivity index (χ4v) is 3.78. The summed E-state index contributed by atoms with van der Waals surface area (Å²) < 4.78 is 5.38. The highest BCUT2D eigenvalue weighted by molar-refractivity contribution is 5.85. The molecule has 0 spiro atoms. The van der Waals surface area contributed by atoms with Gasteiger partial charge >= 0.3 is 0 Å². The minimum Gasteiger partial charge on any atom is -0.339 e. The number of amides is 1. The van der Waals surface area contributed by atoms with Crippen molar-refractivity contribution >= 4 is 18.3 Å². The highest BCUT2D eigenvalue weighted by atomic mass is 35.5. The molecule has 1 N–H and O–H groups in total. The van der Waals surface area contributed by atoms with E-state index in [9.17, 15) is 4.79 Å². The Morgan fingerprint density at radius 1 is 1.22 bits per heavy atom. The summed E-state index contributed by atoms with van der Waals surface area (Å²) in [6.45, 7) is 3.05. The highest BCUT2D eigenvalue weighted by Crippen LogP contribution is 2.35. The average molecular weight is 391 g/mol. The first kappa shape index (κ1) is 19.8. The summed E-state index contributed by atoms with van der Waals surface area (Å²) >= 11 is 0. The van der Waals surface area contributed by atoms with Crippen LogP contribution in [0.5, 0.6) is 0 Å². The standard InChI is InChI=1S/C20H26N4O2.ClH/c1-2-24(13-18-22-19(26-23-18)15-9-6-10-15)20(25)17-12-11-16(21-17)14-7-4-3-5-8-14;/h3-5,7-8,15-17,21H,2,6,9-13H2,1H3;1H/t16-,17-;/m1./s1. The van der Waals surface area contributed by atoms with Gasteiger partial charge in [-0.1, -0.05) is 41.9 Å². The molecule has 1 aliphatic heterocycles. The number of likely N-dealkylation sites (N-methyl/N-ethyl adjacent to an activating group) is 1. The lowest BCUT2D eigenvalue weighted by atomic mass is 9.85. The normalized spacial score (nSPS) is 22.1. The summed E-state index contributed by atoms with van der Waals surface area (Å²) in [4.78, 5) is 19.3. The first-order chi connectivity index (χ1) is 12.7. The number of benzene rings is 1. The van der Waals surface area contributed by atoms with Gasteiger partial charge < -0.3 is 9.42 Å². The second kappa shape index (κ2) is 8.85. The second-order valence-electron chi connectivity index (χ2n) is 7.29. The van der Waals surface area contributed by atoms with E-state index in [0.717, 1.165) is 31.6 Å². The molecule has 1 saturated carbocycles. The molecule has 1 aromatic heterocycles. The van der Waals surface area contributed by atoms with Crippen LogP contribution in [0.15, 0.2) is 34.9 Å². The van der Waals surface area contributed by atoms with Gasteiger partial charge in [-0.25, -0.2) is 0 Å². The van der Waals surface area contributed by atoms with Crippen molar-refractivity contribution in [1.29, 1.82) is 0 Å². The van der Waals surface area contributed by atoms with Crippen molar-refractivity contribution in [2.45, 2.75) is 63.6 Å². The van der Waals surface area contributed by atoms with Gasteiger partial charge in [-0.3, -0.25) is 10.1 Å². The van der Waals surface area contributed by atoms with Crippen LogP contribution in [0.2, 0.25) is 0 Å². The Kier molecular flexibility index (Phi) is 6.50. The molecule has 1 aliphatic carbocycles. The first-order valence-electron chi connectivity index (χ1n) is 9.67. The van der Waals surface area contributed by atoms with Crippen molar-refractivity contribution in [3.05, 3.63) is 47.6 Å². The SMILES string of the molecule is CCN(Cc1noc(C2CCC2)n1)C(=O)[C@H]1CC[C@H](c2ccccc2)N1.Cl. The Labute approximate surface area is 166 Å². The van der Waals surface area contributed by atoms with Crippen molar-refractivity contribution in [3.8, 4) is 0 Å². The molecule has 7 heteroatoms. The second-order valence-corrected chi connectivity index (χ2v) is 7.29. The van der Waals surface area contributed by atoms with E-state index in [-0.39, 0.29) is 30.4 Å². The van der Waals surface area contributed by atoms with Gasteiger partial charge in [0, 0.05) is 18.5 Å². The Balaban J connectivity index is 0.00000210. The molecule has 0 radical (unpaired) electrons. The zero-order valence-electron chi connectivity index (χ0n) is 15.6. The van der Waals surface area contributed by atoms with E-state index in [4.69, 9.17) is 4.52 Å². The third kappa shape index (κ3) is 4.33. The Hall–Kier alpha value is -1.92. The third-order valence-corrected chi connectivity index (χ3v) is 5.61. The van der Waals surface area contributed by atoms with Crippen LogP contribution in [-0.4, -0.2) is 33.5 Å². The maximum absolute atomic E-state index is 12.9. The van der Waals surface area contributed by atoms with Crippen molar-refractivity contribution < 1.29 is 9.32 Å². The molecule has 27 heavy (non-hydrogen) atoms. The van der Waals surface area contributed by atoms with Crippen LogP contribution in [-0.2, 0) is 11.3 Å². The van der Waals surface area contributed by atoms with Crippen LogP contribution >= 0.6 is 12.4 Å². The summed E-state index contributed by atoms with van der Waals surface area (Å²) in [5.74, 6) is 1.89. The molecule has 1 saturated heterocycles. The number of carbonyl (C=O) groups is 1. The van der Waals surface area contributed by atoms with Crippen LogP contribution in [0.3, 0.4) is 0 Å². The van der Waals surface area contributed by atoms with Crippen molar-refractivity contribution in [1.82, 2.24) is 20.4 Å². The van der Waals surface area contributed by atoms with Crippen LogP contribution < -0.4 is 5.32 Å². The Bertz CT molecular complexity index is 747. The lowest BCUT2D eigenvalue weighted by molar-refractivity contribution is -0.133. The highest BCUT2D eigenvalue weighted by Gasteiger charge is 2.33. The van der Waals surface area contributed by atoms with Gasteiger partial charge in [-0.15, -0.1) is 12.4 Å². The minimum absolute atomic E-state index is 0. The third-order valence-electron chi connectivity index (χ3n) is 5.61. The fourth-order valence-electron chi connectivity index (χ4n) is 3.78. The quantitative estimate of drug-likeness (QED) is 0.815. The number of nitrogens with zero attached hydrogens (tertiary/aromatic N) is 3. The van der Waals surface area contributed by atoms with E-state index in [1.54, 1.807) is 0 Å². The van der Waals surface area contributed by atoms with Crippen LogP contribution in [0, 0.1) is 0 Å². The zero-order chi connectivity index (χ0) is 17.9. The largest absolute Gasteiger partial charge is 0.339 e. The molecule has 1 aromatic carbocycles. The van der Waals surface area contributed by atoms with Crippen LogP contribution in [0.25, 0.3) is 0 Å². The van der Waals surface area contributed by atoms with E-state index in [1.807, 2.05) is 30.0 Å². The van der Waals surface area contributed by atoms with E-state index in [0.29, 0.717) is 24.8 Å². The summed E-state index contributed by atoms with van der Waals surface area (Å²) in [6.07, 6.45) is 5.33. The van der Waals surface area contributed by atoms with Gasteiger partial charge in [-0.2, -0.15) is 4.98 Å². The van der Waals surface area contributed by atoms with Crippen molar-refractivity contribution in [3.63, 3.8) is 0 Å². The van der Waals surface area contributed by atoms with Gasteiger partial charge in [0.05, 0.1) is 12.6 Å². The number of hydrogen-bond donors (Lipinski definition) is 1. The summed E-state index contributed by atoms with van der Waals surface area (Å²) in [7, 11) is 0. The van der Waals surface area contributed by atoms with Gasteiger partial charge in [0.1, 0.15) is 0 Å². The smallest absolute Gasteiger partial charge is 0.240 e. The molecule has 0 bridgehead atoms. The molecule has 2 atom stereocenters. The molecule has 2 heterocycles. The molecular weight excluding hydrogens is 364 g/mol. The number of rotatable bonds is 6. The molecule has 4 rings (SSSR count). The van der Waals surface area contributed by atoms with Crippen molar-refractivity contribution in [2.75, 3.05) is 6.54 Å². The van der Waals surface area contributed by atoms with Crippen LogP contribution in [0.4, 0.5) is 0 Å². The maximum Gasteiger partial charge on any atom is 0.240 e. The molecule has 0 unspecified atom stereocenters. The molecule has 146 valence electrons. The maximum atomic E-state index is 12.9. The molecule has 1 amide bonds. The predicted octanol–water partition coefficient (Wildman–Crippen LogP) is 3.60. The van der Waals surface area contributed by atoms with Crippen LogP contribution in [0.1, 0.15) is 68.3 Å². The zero-order valence-corrected chi connectivity index (χ0v) is 16.5. The molecule has 2 fully saturated rings. The molecule has 2 aliphatic rings. The topological polar surface area (TPSA) is 71.3 Å². The van der Waals surface area contributed by atoms with Gasteiger partial charge in [0.2, 0.25) is 11.8 Å². The average Bonchev–Trinajstić information content (AvgIpc) is 3.28. The monoisotopic (exact) mass is 390 g/mol. The lowest BCUT2D eigenvalue weighted by Gasteiger charge is -2.23. The van der Waals surface area contributed by atoms with E-state index >= 15 is 0 Å². The van der Waals surface area contributed by atoms with Gasteiger partial charge in [-0.05, 0) is 38.2 Å². The minimum atomic E-state index is -0.141. The van der Waals surface area contributed by atoms with E-state index < -0.39 is 0 Å².